The minimum absolute atomic E-state index is 0.0628. The summed E-state index contributed by atoms with van der Waals surface area (Å²) in [6.45, 7) is 6.86. The smallest absolute Gasteiger partial charge is 0.264 e. The number of hydrogen-bond donors (Lipinski definition) is 1. The molecule has 0 unspecified atom stereocenters. The van der Waals surface area contributed by atoms with Crippen LogP contribution in [0.3, 0.4) is 0 Å². The molecule has 0 radical (unpaired) electrons. The zero-order valence-corrected chi connectivity index (χ0v) is 25.7. The van der Waals surface area contributed by atoms with Crippen molar-refractivity contribution in [2.75, 3.05) is 10.8 Å². The lowest BCUT2D eigenvalue weighted by Crippen LogP contribution is -2.54. The summed E-state index contributed by atoms with van der Waals surface area (Å²) in [4.78, 5) is 28.5. The first-order chi connectivity index (χ1) is 17.8. The zero-order chi connectivity index (χ0) is 28.1. The van der Waals surface area contributed by atoms with E-state index in [0.29, 0.717) is 5.69 Å². The van der Waals surface area contributed by atoms with Gasteiger partial charge < -0.3 is 10.2 Å². The van der Waals surface area contributed by atoms with Crippen molar-refractivity contribution in [2.24, 2.45) is 0 Å². The maximum atomic E-state index is 13.9. The molecule has 0 aliphatic rings. The number of amides is 2. The van der Waals surface area contributed by atoms with E-state index in [9.17, 15) is 18.0 Å². The number of nitrogens with zero attached hydrogens (tertiary/aromatic N) is 2. The second kappa shape index (κ2) is 12.4. The summed E-state index contributed by atoms with van der Waals surface area (Å²) in [5, 5.41) is 2.92. The average molecular weight is 665 g/mol. The monoisotopic (exact) mass is 663 g/mol. The highest BCUT2D eigenvalue weighted by atomic mass is 79.9. The van der Waals surface area contributed by atoms with E-state index in [1.807, 2.05) is 45.0 Å². The van der Waals surface area contributed by atoms with Crippen molar-refractivity contribution in [1.29, 1.82) is 0 Å². The first-order valence-corrected chi connectivity index (χ1v) is 15.0. The molecule has 0 bridgehead atoms. The van der Waals surface area contributed by atoms with Crippen LogP contribution in [-0.4, -0.2) is 43.3 Å². The van der Waals surface area contributed by atoms with Crippen molar-refractivity contribution in [3.8, 4) is 0 Å². The van der Waals surface area contributed by atoms with Crippen LogP contribution in [0.1, 0.15) is 33.3 Å². The molecule has 202 valence electrons. The summed E-state index contributed by atoms with van der Waals surface area (Å²) in [5.41, 5.74) is 0.625. The average Bonchev–Trinajstić information content (AvgIpc) is 2.85. The van der Waals surface area contributed by atoms with Crippen molar-refractivity contribution in [3.63, 3.8) is 0 Å². The normalized spacial score (nSPS) is 12.5. The molecule has 0 heterocycles. The summed E-state index contributed by atoms with van der Waals surface area (Å²) in [6.07, 6.45) is 0. The van der Waals surface area contributed by atoms with Crippen molar-refractivity contribution < 1.29 is 18.0 Å². The third-order valence-corrected chi connectivity index (χ3v) is 8.44. The number of carbonyl (C=O) groups excluding carboxylic acids is 2. The molecule has 1 atom stereocenters. The van der Waals surface area contributed by atoms with Gasteiger partial charge in [0.25, 0.3) is 10.0 Å². The first-order valence-electron chi connectivity index (χ1n) is 12.0. The third-order valence-electron chi connectivity index (χ3n) is 5.63. The van der Waals surface area contributed by atoms with Gasteiger partial charge in [0, 0.05) is 21.0 Å². The molecule has 10 heteroatoms. The number of rotatable bonds is 9. The maximum Gasteiger partial charge on any atom is 0.264 e. The highest BCUT2D eigenvalue weighted by Gasteiger charge is 2.33. The fraction of sp³-hybridized carbons (Fsp3) is 0.286. The number of carbonyl (C=O) groups is 2. The van der Waals surface area contributed by atoms with Crippen LogP contribution in [0.2, 0.25) is 0 Å². The quantitative estimate of drug-likeness (QED) is 0.316. The van der Waals surface area contributed by atoms with Gasteiger partial charge >= 0.3 is 0 Å². The van der Waals surface area contributed by atoms with Gasteiger partial charge in [0.1, 0.15) is 12.6 Å². The summed E-state index contributed by atoms with van der Waals surface area (Å²) >= 11 is 6.82. The highest BCUT2D eigenvalue weighted by Crippen LogP contribution is 2.26. The minimum Gasteiger partial charge on any atom is -0.350 e. The van der Waals surface area contributed by atoms with Crippen LogP contribution in [0.15, 0.2) is 92.7 Å². The van der Waals surface area contributed by atoms with Crippen LogP contribution in [0.4, 0.5) is 5.69 Å². The molecule has 0 fully saturated rings. The molecule has 38 heavy (non-hydrogen) atoms. The molecule has 3 rings (SSSR count). The minimum atomic E-state index is -4.09. The molecule has 7 nitrogen and oxygen atoms in total. The molecule has 3 aromatic rings. The van der Waals surface area contributed by atoms with Crippen LogP contribution in [-0.2, 0) is 26.2 Å². The lowest BCUT2D eigenvalue weighted by Gasteiger charge is -2.33. The van der Waals surface area contributed by atoms with E-state index >= 15 is 0 Å². The molecule has 0 aromatic heterocycles. The fourth-order valence-corrected chi connectivity index (χ4v) is 5.89. The predicted molar refractivity (Wildman–Crippen MR) is 157 cm³/mol. The number of hydrogen-bond acceptors (Lipinski definition) is 4. The molecule has 0 aliphatic heterocycles. The van der Waals surface area contributed by atoms with Crippen LogP contribution in [0.25, 0.3) is 0 Å². The van der Waals surface area contributed by atoms with Gasteiger partial charge in [-0.15, -0.1) is 0 Å². The third kappa shape index (κ3) is 7.91. The lowest BCUT2D eigenvalue weighted by molar-refractivity contribution is -0.140. The van der Waals surface area contributed by atoms with E-state index in [1.165, 1.54) is 17.0 Å². The maximum absolute atomic E-state index is 13.9. The number of anilines is 1. The van der Waals surface area contributed by atoms with E-state index in [-0.39, 0.29) is 17.3 Å². The summed E-state index contributed by atoms with van der Waals surface area (Å²) < 4.78 is 30.1. The van der Waals surface area contributed by atoms with E-state index < -0.39 is 34.1 Å². The highest BCUT2D eigenvalue weighted by molar-refractivity contribution is 9.10. The largest absolute Gasteiger partial charge is 0.350 e. The Morgan fingerprint density at radius 3 is 2.11 bits per heavy atom. The van der Waals surface area contributed by atoms with Crippen molar-refractivity contribution in [2.45, 2.75) is 50.7 Å². The van der Waals surface area contributed by atoms with E-state index in [2.05, 4.69) is 37.2 Å². The Morgan fingerprint density at radius 2 is 1.53 bits per heavy atom. The molecule has 3 aromatic carbocycles. The van der Waals surface area contributed by atoms with Crippen molar-refractivity contribution in [3.05, 3.63) is 93.4 Å². The Balaban J connectivity index is 2.02. The molecular formula is C28H31Br2N3O4S. The van der Waals surface area contributed by atoms with Crippen LogP contribution in [0, 0.1) is 0 Å². The van der Waals surface area contributed by atoms with Crippen molar-refractivity contribution >= 4 is 59.4 Å². The molecule has 2 amide bonds. The van der Waals surface area contributed by atoms with Gasteiger partial charge in [0.15, 0.2) is 0 Å². The summed E-state index contributed by atoms with van der Waals surface area (Å²) in [5.74, 6) is -0.842. The van der Waals surface area contributed by atoms with Gasteiger partial charge in [0.2, 0.25) is 11.8 Å². The number of benzene rings is 3. The second-order valence-electron chi connectivity index (χ2n) is 9.87. The van der Waals surface area contributed by atoms with Crippen LogP contribution in [0.5, 0.6) is 0 Å². The van der Waals surface area contributed by atoms with Gasteiger partial charge in [-0.1, -0.05) is 62.2 Å². The van der Waals surface area contributed by atoms with Gasteiger partial charge in [-0.3, -0.25) is 13.9 Å². The molecule has 0 spiro atoms. The Kier molecular flexibility index (Phi) is 9.78. The predicted octanol–water partition coefficient (Wildman–Crippen LogP) is 5.74. The Bertz CT molecular complexity index is 1380. The molecular weight excluding hydrogens is 634 g/mol. The Labute approximate surface area is 241 Å². The summed E-state index contributed by atoms with van der Waals surface area (Å²) in [7, 11) is -4.09. The van der Waals surface area contributed by atoms with Crippen molar-refractivity contribution in [1.82, 2.24) is 10.2 Å². The fourth-order valence-electron chi connectivity index (χ4n) is 3.74. The molecule has 0 saturated carbocycles. The number of nitrogens with one attached hydrogen (secondary N) is 1. The van der Waals surface area contributed by atoms with Crippen LogP contribution < -0.4 is 9.62 Å². The van der Waals surface area contributed by atoms with Gasteiger partial charge in [-0.25, -0.2) is 8.42 Å². The van der Waals surface area contributed by atoms with E-state index in [4.69, 9.17) is 0 Å². The standard InChI is InChI=1S/C28H31Br2N3O4S/c1-20(27(35)31-28(2,3)4)32(18-21-9-8-10-23(30)17-21)26(34)19-33(24-15-13-22(29)14-16-24)38(36,37)25-11-6-5-7-12-25/h5-17,20H,18-19H2,1-4H3,(H,31,35)/t20-/m0/s1. The van der Waals surface area contributed by atoms with E-state index in [0.717, 1.165) is 18.8 Å². The van der Waals surface area contributed by atoms with Gasteiger partial charge in [-0.2, -0.15) is 0 Å². The molecule has 0 aliphatic carbocycles. The number of sulfonamides is 1. The van der Waals surface area contributed by atoms with Gasteiger partial charge in [0.05, 0.1) is 10.6 Å². The molecule has 1 N–H and O–H groups in total. The topological polar surface area (TPSA) is 86.8 Å². The zero-order valence-electron chi connectivity index (χ0n) is 21.7. The second-order valence-corrected chi connectivity index (χ2v) is 13.6. The molecule has 0 saturated heterocycles. The van der Waals surface area contributed by atoms with Gasteiger partial charge in [-0.05, 0) is 81.8 Å². The van der Waals surface area contributed by atoms with E-state index in [1.54, 1.807) is 49.4 Å². The van der Waals surface area contributed by atoms with Crippen LogP contribution >= 0.6 is 31.9 Å². The Hall–Kier alpha value is -2.69. The summed E-state index contributed by atoms with van der Waals surface area (Å²) in [6, 6.07) is 21.2. The SMILES string of the molecule is C[C@@H](C(=O)NC(C)(C)C)N(Cc1cccc(Br)c1)C(=O)CN(c1ccc(Br)cc1)S(=O)(=O)c1ccccc1. The Morgan fingerprint density at radius 1 is 0.895 bits per heavy atom. The number of halogens is 2. The lowest BCUT2D eigenvalue weighted by atomic mass is 10.1. The first kappa shape index (κ1) is 29.9.